The SMILES string of the molecule is CCOC(=O)c1nn(-c2ccc(C)cc2)c(=O)cc1OCc1ccc(Cl)cc1Cl. The van der Waals surface area contributed by atoms with Gasteiger partial charge >= 0.3 is 5.97 Å². The minimum Gasteiger partial charge on any atom is -0.486 e. The van der Waals surface area contributed by atoms with Crippen LogP contribution in [0, 0.1) is 6.92 Å². The zero-order valence-corrected chi connectivity index (χ0v) is 17.3. The number of carbonyl (C=O) groups excluding carboxylic acids is 1. The van der Waals surface area contributed by atoms with Crippen molar-refractivity contribution in [3.8, 4) is 11.4 Å². The molecule has 6 nitrogen and oxygen atoms in total. The van der Waals surface area contributed by atoms with Gasteiger partial charge in [-0.05, 0) is 38.1 Å². The summed E-state index contributed by atoms with van der Waals surface area (Å²) in [7, 11) is 0. The monoisotopic (exact) mass is 432 g/mol. The number of aryl methyl sites for hydroxylation is 1. The second kappa shape index (κ2) is 9.11. The Labute approximate surface area is 177 Å². The fraction of sp³-hybridized carbons (Fsp3) is 0.190. The third-order valence-electron chi connectivity index (χ3n) is 4.04. The molecule has 0 saturated heterocycles. The molecule has 8 heteroatoms. The van der Waals surface area contributed by atoms with Crippen molar-refractivity contribution in [1.82, 2.24) is 9.78 Å². The van der Waals surface area contributed by atoms with Gasteiger partial charge in [0.05, 0.1) is 18.4 Å². The van der Waals surface area contributed by atoms with Crippen molar-refractivity contribution in [2.45, 2.75) is 20.5 Å². The maximum Gasteiger partial charge on any atom is 0.362 e. The van der Waals surface area contributed by atoms with Crippen molar-refractivity contribution in [2.75, 3.05) is 6.61 Å². The van der Waals surface area contributed by atoms with Gasteiger partial charge in [-0.15, -0.1) is 0 Å². The fourth-order valence-electron chi connectivity index (χ4n) is 2.56. The first-order valence-electron chi connectivity index (χ1n) is 8.84. The Hall–Kier alpha value is -2.83. The Balaban J connectivity index is 1.99. The van der Waals surface area contributed by atoms with Crippen LogP contribution in [0.4, 0.5) is 0 Å². The summed E-state index contributed by atoms with van der Waals surface area (Å²) in [6.45, 7) is 3.80. The summed E-state index contributed by atoms with van der Waals surface area (Å²) in [4.78, 5) is 25.0. The quantitative estimate of drug-likeness (QED) is 0.532. The predicted molar refractivity (Wildman–Crippen MR) is 111 cm³/mol. The summed E-state index contributed by atoms with van der Waals surface area (Å²) in [5, 5.41) is 5.10. The van der Waals surface area contributed by atoms with E-state index in [-0.39, 0.29) is 24.7 Å². The molecule has 0 unspecified atom stereocenters. The van der Waals surface area contributed by atoms with Crippen LogP contribution in [0.5, 0.6) is 5.75 Å². The Kier molecular flexibility index (Phi) is 6.56. The first-order valence-corrected chi connectivity index (χ1v) is 9.60. The summed E-state index contributed by atoms with van der Waals surface area (Å²) in [6.07, 6.45) is 0. The van der Waals surface area contributed by atoms with E-state index >= 15 is 0 Å². The summed E-state index contributed by atoms with van der Waals surface area (Å²) >= 11 is 12.1. The molecule has 0 aliphatic rings. The Morgan fingerprint density at radius 1 is 1.10 bits per heavy atom. The molecule has 1 aromatic heterocycles. The van der Waals surface area contributed by atoms with Crippen LogP contribution in [-0.2, 0) is 11.3 Å². The van der Waals surface area contributed by atoms with E-state index in [1.165, 1.54) is 6.07 Å². The van der Waals surface area contributed by atoms with Crippen LogP contribution in [0.2, 0.25) is 10.0 Å². The van der Waals surface area contributed by atoms with Crippen LogP contribution in [0.25, 0.3) is 5.69 Å². The number of aromatic nitrogens is 2. The molecule has 0 aliphatic heterocycles. The Bertz CT molecular complexity index is 1090. The molecule has 0 spiro atoms. The van der Waals surface area contributed by atoms with Gasteiger partial charge in [-0.2, -0.15) is 9.78 Å². The second-order valence-electron chi connectivity index (χ2n) is 6.19. The predicted octanol–water partition coefficient (Wildman–Crippen LogP) is 4.60. The van der Waals surface area contributed by atoms with Gasteiger partial charge in [-0.1, -0.05) is 47.0 Å². The number of esters is 1. The van der Waals surface area contributed by atoms with Gasteiger partial charge in [0, 0.05) is 15.6 Å². The van der Waals surface area contributed by atoms with E-state index in [0.29, 0.717) is 21.3 Å². The van der Waals surface area contributed by atoms with Crippen molar-refractivity contribution in [2.24, 2.45) is 0 Å². The molecule has 0 saturated carbocycles. The van der Waals surface area contributed by atoms with E-state index in [1.807, 2.05) is 19.1 Å². The highest BCUT2D eigenvalue weighted by molar-refractivity contribution is 6.35. The third-order valence-corrected chi connectivity index (χ3v) is 4.63. The number of rotatable bonds is 6. The lowest BCUT2D eigenvalue weighted by Gasteiger charge is -2.13. The second-order valence-corrected chi connectivity index (χ2v) is 7.03. The number of halogens is 2. The molecule has 0 fully saturated rings. The van der Waals surface area contributed by atoms with Crippen molar-refractivity contribution >= 4 is 29.2 Å². The van der Waals surface area contributed by atoms with Gasteiger partial charge in [0.1, 0.15) is 6.61 Å². The van der Waals surface area contributed by atoms with Gasteiger partial charge in [-0.25, -0.2) is 4.79 Å². The zero-order valence-electron chi connectivity index (χ0n) is 15.8. The van der Waals surface area contributed by atoms with Gasteiger partial charge in [0.25, 0.3) is 5.56 Å². The van der Waals surface area contributed by atoms with Crippen LogP contribution >= 0.6 is 23.2 Å². The van der Waals surface area contributed by atoms with Crippen LogP contribution in [-0.4, -0.2) is 22.4 Å². The molecule has 3 rings (SSSR count). The molecule has 3 aromatic rings. The lowest BCUT2D eigenvalue weighted by molar-refractivity contribution is 0.0511. The van der Waals surface area contributed by atoms with Gasteiger partial charge in [0.2, 0.25) is 5.69 Å². The first-order chi connectivity index (χ1) is 13.9. The maximum atomic E-state index is 12.6. The van der Waals surface area contributed by atoms with Crippen molar-refractivity contribution in [3.63, 3.8) is 0 Å². The van der Waals surface area contributed by atoms with Crippen molar-refractivity contribution in [3.05, 3.63) is 85.8 Å². The van der Waals surface area contributed by atoms with E-state index in [2.05, 4.69) is 5.10 Å². The van der Waals surface area contributed by atoms with Crippen LogP contribution in [0.1, 0.15) is 28.5 Å². The first kappa shape index (κ1) is 20.9. The zero-order chi connectivity index (χ0) is 21.0. The topological polar surface area (TPSA) is 70.4 Å². The van der Waals surface area contributed by atoms with Gasteiger partial charge in [-0.3, -0.25) is 4.79 Å². The number of ether oxygens (including phenoxy) is 2. The summed E-state index contributed by atoms with van der Waals surface area (Å²) in [5.74, 6) is -0.673. The van der Waals surface area contributed by atoms with Crippen LogP contribution < -0.4 is 10.3 Å². The molecular weight excluding hydrogens is 415 g/mol. The van der Waals surface area contributed by atoms with Crippen LogP contribution in [0.3, 0.4) is 0 Å². The minimum atomic E-state index is -0.689. The van der Waals surface area contributed by atoms with E-state index in [9.17, 15) is 9.59 Å². The molecule has 0 radical (unpaired) electrons. The summed E-state index contributed by atoms with van der Waals surface area (Å²) in [5.41, 5.74) is 1.66. The molecular formula is C21H18Cl2N2O4. The lowest BCUT2D eigenvalue weighted by atomic mass is 10.2. The molecule has 2 aromatic carbocycles. The Morgan fingerprint density at radius 3 is 2.48 bits per heavy atom. The fourth-order valence-corrected chi connectivity index (χ4v) is 3.02. The molecule has 0 atom stereocenters. The Morgan fingerprint density at radius 2 is 1.83 bits per heavy atom. The third kappa shape index (κ3) is 4.96. The van der Waals surface area contributed by atoms with Crippen LogP contribution in [0.15, 0.2) is 53.3 Å². The smallest absolute Gasteiger partial charge is 0.362 e. The number of benzene rings is 2. The summed E-state index contributed by atoms with van der Waals surface area (Å²) in [6, 6.07) is 13.4. The normalized spacial score (nSPS) is 10.6. The van der Waals surface area contributed by atoms with Gasteiger partial charge in [0.15, 0.2) is 5.75 Å². The van der Waals surface area contributed by atoms with E-state index in [0.717, 1.165) is 10.2 Å². The number of hydrogen-bond donors (Lipinski definition) is 0. The molecule has 1 heterocycles. The average molecular weight is 433 g/mol. The molecule has 0 N–H and O–H groups in total. The molecule has 29 heavy (non-hydrogen) atoms. The lowest BCUT2D eigenvalue weighted by Crippen LogP contribution is -2.25. The minimum absolute atomic E-state index is 0.0165. The van der Waals surface area contributed by atoms with E-state index in [4.69, 9.17) is 32.7 Å². The maximum absolute atomic E-state index is 12.6. The standard InChI is InChI=1S/C21H18Cl2N2O4/c1-3-28-21(27)20-18(29-12-14-6-7-15(22)10-17(14)23)11-19(26)25(24-20)16-8-4-13(2)5-9-16/h4-11H,3,12H2,1-2H3. The van der Waals surface area contributed by atoms with E-state index < -0.39 is 11.5 Å². The molecule has 0 aliphatic carbocycles. The molecule has 0 bridgehead atoms. The molecule has 150 valence electrons. The van der Waals surface area contributed by atoms with E-state index in [1.54, 1.807) is 37.3 Å². The van der Waals surface area contributed by atoms with Gasteiger partial charge < -0.3 is 9.47 Å². The largest absolute Gasteiger partial charge is 0.486 e. The van der Waals surface area contributed by atoms with Crippen molar-refractivity contribution in [1.29, 1.82) is 0 Å². The number of hydrogen-bond acceptors (Lipinski definition) is 5. The molecule has 0 amide bonds. The number of carbonyl (C=O) groups is 1. The summed E-state index contributed by atoms with van der Waals surface area (Å²) < 4.78 is 11.9. The highest BCUT2D eigenvalue weighted by Gasteiger charge is 2.20. The number of nitrogens with zero attached hydrogens (tertiary/aromatic N) is 2. The average Bonchev–Trinajstić information content (AvgIpc) is 2.68. The highest BCUT2D eigenvalue weighted by Crippen LogP contribution is 2.24. The highest BCUT2D eigenvalue weighted by atomic mass is 35.5. The van der Waals surface area contributed by atoms with Crippen molar-refractivity contribution < 1.29 is 14.3 Å².